The maximum absolute atomic E-state index is 13.2. The summed E-state index contributed by atoms with van der Waals surface area (Å²) in [5.74, 6) is -0.491. The van der Waals surface area contributed by atoms with E-state index in [0.717, 1.165) is 42.5 Å². The van der Waals surface area contributed by atoms with E-state index in [9.17, 15) is 12.8 Å². The van der Waals surface area contributed by atoms with Crippen molar-refractivity contribution in [3.63, 3.8) is 0 Å². The highest BCUT2D eigenvalue weighted by Crippen LogP contribution is 2.33. The Hall–Kier alpha value is -1.44. The number of halogens is 2. The minimum absolute atomic E-state index is 0.0291. The summed E-state index contributed by atoms with van der Waals surface area (Å²) in [6.07, 6.45) is 2.49. The minimum Gasteiger partial charge on any atom is -0.399 e. The Morgan fingerprint density at radius 3 is 2.74 bits per heavy atom. The number of nitrogen functional groups attached to an aromatic ring is 1. The van der Waals surface area contributed by atoms with Crippen LogP contribution in [0.4, 0.5) is 10.1 Å². The summed E-state index contributed by atoms with van der Waals surface area (Å²) in [5.41, 5.74) is 8.50. The van der Waals surface area contributed by atoms with Crippen molar-refractivity contribution in [2.45, 2.75) is 30.2 Å². The third kappa shape index (κ3) is 3.41. The van der Waals surface area contributed by atoms with E-state index in [0.29, 0.717) is 5.69 Å². The number of anilines is 1. The average Bonchev–Trinajstić information content (AvgIpc) is 2.46. The maximum atomic E-state index is 13.2. The summed E-state index contributed by atoms with van der Waals surface area (Å²) in [7, 11) is -3.75. The third-order valence-electron chi connectivity index (χ3n) is 3.96. The molecule has 0 fully saturated rings. The topological polar surface area (TPSA) is 72.2 Å². The van der Waals surface area contributed by atoms with Gasteiger partial charge >= 0.3 is 0 Å². The Morgan fingerprint density at radius 1 is 1.22 bits per heavy atom. The van der Waals surface area contributed by atoms with Crippen molar-refractivity contribution in [2.24, 2.45) is 0 Å². The van der Waals surface area contributed by atoms with Gasteiger partial charge < -0.3 is 5.73 Å². The highest BCUT2D eigenvalue weighted by Gasteiger charge is 2.27. The van der Waals surface area contributed by atoms with Crippen molar-refractivity contribution in [1.29, 1.82) is 0 Å². The van der Waals surface area contributed by atoms with Crippen molar-refractivity contribution in [2.75, 3.05) is 5.73 Å². The first-order chi connectivity index (χ1) is 10.9. The Kier molecular flexibility index (Phi) is 4.44. The fourth-order valence-corrected chi connectivity index (χ4v) is 5.20. The van der Waals surface area contributed by atoms with Gasteiger partial charge in [0.25, 0.3) is 0 Å². The minimum atomic E-state index is -3.75. The highest BCUT2D eigenvalue weighted by atomic mass is 79.9. The summed E-state index contributed by atoms with van der Waals surface area (Å²) in [6.45, 7) is 0. The fraction of sp³-hybridized carbons (Fsp3) is 0.250. The Labute approximate surface area is 143 Å². The monoisotopic (exact) mass is 398 g/mol. The molecule has 0 amide bonds. The first-order valence-corrected chi connectivity index (χ1v) is 9.50. The summed E-state index contributed by atoms with van der Waals surface area (Å²) in [4.78, 5) is 0.0291. The lowest BCUT2D eigenvalue weighted by atomic mass is 9.88. The number of nitrogens with one attached hydrogen (secondary N) is 1. The number of aryl methyl sites for hydroxylation is 1. The molecule has 0 heterocycles. The molecule has 3 rings (SSSR count). The van der Waals surface area contributed by atoms with E-state index in [2.05, 4.69) is 20.7 Å². The van der Waals surface area contributed by atoms with Crippen LogP contribution in [0.2, 0.25) is 0 Å². The van der Waals surface area contributed by atoms with Gasteiger partial charge in [-0.05, 0) is 76.7 Å². The molecule has 0 bridgehead atoms. The van der Waals surface area contributed by atoms with E-state index in [1.54, 1.807) is 6.07 Å². The smallest absolute Gasteiger partial charge is 0.242 e. The molecule has 0 aromatic heterocycles. The molecule has 3 N–H and O–H groups in total. The van der Waals surface area contributed by atoms with Crippen molar-refractivity contribution >= 4 is 31.6 Å². The number of nitrogens with two attached hydrogens (primary N) is 1. The third-order valence-corrected chi connectivity index (χ3v) is 6.41. The number of rotatable bonds is 3. The second kappa shape index (κ2) is 6.22. The lowest BCUT2D eigenvalue weighted by Gasteiger charge is -2.26. The van der Waals surface area contributed by atoms with Gasteiger partial charge in [0.05, 0.1) is 4.90 Å². The fourth-order valence-electron chi connectivity index (χ4n) is 2.90. The highest BCUT2D eigenvalue weighted by molar-refractivity contribution is 9.10. The van der Waals surface area contributed by atoms with Gasteiger partial charge in [-0.3, -0.25) is 0 Å². The molecule has 1 aliphatic carbocycles. The zero-order valence-corrected chi connectivity index (χ0v) is 14.6. The Bertz CT molecular complexity index is 855. The van der Waals surface area contributed by atoms with Gasteiger partial charge in [-0.1, -0.05) is 6.07 Å². The van der Waals surface area contributed by atoms with E-state index in [1.807, 2.05) is 12.1 Å². The molecule has 122 valence electrons. The molecule has 0 saturated carbocycles. The number of benzene rings is 2. The van der Waals surface area contributed by atoms with Gasteiger partial charge in [-0.15, -0.1) is 0 Å². The van der Waals surface area contributed by atoms with Crippen LogP contribution in [0, 0.1) is 5.82 Å². The molecule has 0 saturated heterocycles. The molecule has 0 aliphatic heterocycles. The van der Waals surface area contributed by atoms with Gasteiger partial charge in [-0.25, -0.2) is 17.5 Å². The lowest BCUT2D eigenvalue weighted by molar-refractivity contribution is 0.507. The van der Waals surface area contributed by atoms with Crippen LogP contribution in [0.3, 0.4) is 0 Å². The molecule has 0 spiro atoms. The quantitative estimate of drug-likeness (QED) is 0.776. The number of sulfonamides is 1. The second-order valence-corrected chi connectivity index (χ2v) is 8.14. The summed E-state index contributed by atoms with van der Waals surface area (Å²) >= 11 is 3.11. The Balaban J connectivity index is 1.93. The predicted octanol–water partition coefficient (Wildman–Crippen LogP) is 3.53. The van der Waals surface area contributed by atoms with Crippen LogP contribution in [0.25, 0.3) is 0 Å². The van der Waals surface area contributed by atoms with Crippen molar-refractivity contribution in [3.05, 3.63) is 57.8 Å². The molecule has 2 aromatic rings. The first-order valence-electron chi connectivity index (χ1n) is 7.22. The zero-order chi connectivity index (χ0) is 16.6. The van der Waals surface area contributed by atoms with Gasteiger partial charge in [-0.2, -0.15) is 0 Å². The van der Waals surface area contributed by atoms with E-state index in [-0.39, 0.29) is 15.4 Å². The van der Waals surface area contributed by atoms with Crippen LogP contribution < -0.4 is 10.5 Å². The maximum Gasteiger partial charge on any atom is 0.242 e. The first kappa shape index (κ1) is 16.4. The molecule has 1 atom stereocenters. The lowest BCUT2D eigenvalue weighted by Crippen LogP contribution is -2.31. The molecular formula is C16H16BrFN2O2S. The Morgan fingerprint density at radius 2 is 2.00 bits per heavy atom. The second-order valence-electron chi connectivity index (χ2n) is 5.60. The molecule has 1 aliphatic rings. The molecule has 2 aromatic carbocycles. The SMILES string of the molecule is Nc1ccc2c(c1)CCCC2NS(=O)(=O)c1ccc(F)cc1Br. The van der Waals surface area contributed by atoms with Crippen molar-refractivity contribution in [1.82, 2.24) is 4.72 Å². The van der Waals surface area contributed by atoms with Crippen LogP contribution >= 0.6 is 15.9 Å². The van der Waals surface area contributed by atoms with E-state index < -0.39 is 15.8 Å². The molecule has 4 nitrogen and oxygen atoms in total. The van der Waals surface area contributed by atoms with Crippen LogP contribution in [0.5, 0.6) is 0 Å². The molecule has 7 heteroatoms. The molecule has 1 unspecified atom stereocenters. The molecular weight excluding hydrogens is 383 g/mol. The van der Waals surface area contributed by atoms with Crippen LogP contribution in [0.1, 0.15) is 30.0 Å². The van der Waals surface area contributed by atoms with Crippen LogP contribution in [0.15, 0.2) is 45.8 Å². The van der Waals surface area contributed by atoms with Crippen molar-refractivity contribution < 1.29 is 12.8 Å². The standard InChI is InChI=1S/C16H16BrFN2O2S/c17-14-9-11(18)4-7-16(14)23(21,22)20-15-3-1-2-10-8-12(19)5-6-13(10)15/h4-9,15,20H,1-3,19H2. The van der Waals surface area contributed by atoms with E-state index in [4.69, 9.17) is 5.73 Å². The summed E-state index contributed by atoms with van der Waals surface area (Å²) < 4.78 is 41.3. The normalized spacial score (nSPS) is 17.7. The number of fused-ring (bicyclic) bond motifs is 1. The number of hydrogen-bond acceptors (Lipinski definition) is 3. The summed E-state index contributed by atoms with van der Waals surface area (Å²) in [6, 6.07) is 8.77. The van der Waals surface area contributed by atoms with Gasteiger partial charge in [0.2, 0.25) is 10.0 Å². The zero-order valence-electron chi connectivity index (χ0n) is 12.2. The van der Waals surface area contributed by atoms with E-state index in [1.165, 1.54) is 6.07 Å². The van der Waals surface area contributed by atoms with Gasteiger partial charge in [0.15, 0.2) is 0 Å². The number of hydrogen-bond donors (Lipinski definition) is 2. The van der Waals surface area contributed by atoms with Gasteiger partial charge in [0.1, 0.15) is 5.82 Å². The molecule has 0 radical (unpaired) electrons. The van der Waals surface area contributed by atoms with Crippen LogP contribution in [-0.2, 0) is 16.4 Å². The van der Waals surface area contributed by atoms with E-state index >= 15 is 0 Å². The molecule has 23 heavy (non-hydrogen) atoms. The van der Waals surface area contributed by atoms with Gasteiger partial charge in [0, 0.05) is 16.2 Å². The van der Waals surface area contributed by atoms with Crippen molar-refractivity contribution in [3.8, 4) is 0 Å². The van der Waals surface area contributed by atoms with Crippen LogP contribution in [-0.4, -0.2) is 8.42 Å². The predicted molar refractivity (Wildman–Crippen MR) is 91.0 cm³/mol. The average molecular weight is 399 g/mol. The summed E-state index contributed by atoms with van der Waals surface area (Å²) in [5, 5.41) is 0. The largest absolute Gasteiger partial charge is 0.399 e.